The van der Waals surface area contributed by atoms with Crippen LogP contribution in [0.5, 0.6) is 0 Å². The Morgan fingerprint density at radius 1 is 1.07 bits per heavy atom. The van der Waals surface area contributed by atoms with Gasteiger partial charge in [0.1, 0.15) is 0 Å². The van der Waals surface area contributed by atoms with Gasteiger partial charge in [-0.25, -0.2) is 4.90 Å². The lowest BCUT2D eigenvalue weighted by Crippen LogP contribution is -2.61. The largest absolute Gasteiger partial charge is 0.322 e. The van der Waals surface area contributed by atoms with Gasteiger partial charge in [-0.2, -0.15) is 0 Å². The van der Waals surface area contributed by atoms with Crippen LogP contribution in [0, 0.1) is 0 Å². The molecule has 0 aliphatic carbocycles. The number of amides is 2. The normalized spacial score (nSPS) is 22.7. The highest BCUT2D eigenvalue weighted by molar-refractivity contribution is 8.26. The summed E-state index contributed by atoms with van der Waals surface area (Å²) in [4.78, 5) is 52.0. The predicted octanol–water partition coefficient (Wildman–Crippen LogP) is -0.485. The van der Waals surface area contributed by atoms with Crippen molar-refractivity contribution in [2.45, 2.75) is 43.1 Å². The first-order valence-electron chi connectivity index (χ1n) is 8.54. The Balaban J connectivity index is 2.37. The molecule has 1 aliphatic rings. The van der Waals surface area contributed by atoms with Gasteiger partial charge < -0.3 is 17.2 Å². The minimum atomic E-state index is -2.26. The molecule has 0 spiro atoms. The molecule has 1 fully saturated rings. The zero-order valence-corrected chi connectivity index (χ0v) is 17.1. The van der Waals surface area contributed by atoms with Gasteiger partial charge >= 0.3 is 0 Å². The lowest BCUT2D eigenvalue weighted by molar-refractivity contribution is -0.146. The number of hydrogen-bond donors (Lipinski definition) is 3. The van der Waals surface area contributed by atoms with Crippen LogP contribution in [-0.4, -0.2) is 55.5 Å². The third-order valence-electron chi connectivity index (χ3n) is 4.28. The third kappa shape index (κ3) is 3.91. The van der Waals surface area contributed by atoms with E-state index in [1.165, 1.54) is 13.8 Å². The summed E-state index contributed by atoms with van der Waals surface area (Å²) in [5.74, 6) is -3.54. The van der Waals surface area contributed by atoms with Gasteiger partial charge in [0.25, 0.3) is 11.8 Å². The highest BCUT2D eigenvalue weighted by Gasteiger charge is 2.63. The van der Waals surface area contributed by atoms with Crippen molar-refractivity contribution in [3.05, 3.63) is 35.9 Å². The van der Waals surface area contributed by atoms with Gasteiger partial charge in [-0.3, -0.25) is 19.2 Å². The lowest BCUT2D eigenvalue weighted by atomic mass is 9.89. The number of ketones is 2. The van der Waals surface area contributed by atoms with Crippen molar-refractivity contribution in [1.29, 1.82) is 0 Å². The fraction of sp³-hybridized carbons (Fsp3) is 0.389. The monoisotopic (exact) mass is 422 g/mol. The van der Waals surface area contributed by atoms with Crippen LogP contribution in [0.3, 0.4) is 0 Å². The van der Waals surface area contributed by atoms with Gasteiger partial charge in [-0.1, -0.05) is 54.3 Å². The molecule has 150 valence electrons. The second kappa shape index (κ2) is 8.58. The maximum absolute atomic E-state index is 13.1. The molecule has 2 amide bonds. The Morgan fingerprint density at radius 3 is 2.04 bits per heavy atom. The molecular weight excluding hydrogens is 400 g/mol. The second-order valence-corrected chi connectivity index (χ2v) is 8.48. The first kappa shape index (κ1) is 22.3. The van der Waals surface area contributed by atoms with Crippen LogP contribution in [0.15, 0.2) is 30.3 Å². The molecule has 1 saturated heterocycles. The van der Waals surface area contributed by atoms with Crippen LogP contribution in [0.1, 0.15) is 19.4 Å². The maximum Gasteiger partial charge on any atom is 0.267 e. The number of nitrogens with two attached hydrogens (primary N) is 3. The molecule has 0 saturated carbocycles. The molecule has 0 bridgehead atoms. The molecule has 1 aromatic rings. The van der Waals surface area contributed by atoms with Crippen molar-refractivity contribution in [2.75, 3.05) is 0 Å². The van der Waals surface area contributed by atoms with Crippen LogP contribution in [0.2, 0.25) is 0 Å². The molecule has 10 heteroatoms. The second-order valence-electron chi connectivity index (χ2n) is 6.63. The minimum absolute atomic E-state index is 0.159. The summed E-state index contributed by atoms with van der Waals surface area (Å²) in [5.41, 5.74) is 18.1. The van der Waals surface area contributed by atoms with Gasteiger partial charge in [-0.15, -0.1) is 0 Å². The summed E-state index contributed by atoms with van der Waals surface area (Å²) >= 11 is 5.67. The van der Waals surface area contributed by atoms with E-state index in [4.69, 9.17) is 29.4 Å². The van der Waals surface area contributed by atoms with E-state index in [1.54, 1.807) is 24.3 Å². The quantitative estimate of drug-likeness (QED) is 0.391. The van der Waals surface area contributed by atoms with Gasteiger partial charge in [-0.05, 0) is 25.8 Å². The molecular formula is C18H22N4O4S2. The molecule has 0 radical (unpaired) electrons. The Morgan fingerprint density at radius 2 is 1.57 bits per heavy atom. The number of benzene rings is 1. The molecule has 3 unspecified atom stereocenters. The molecule has 1 aliphatic heterocycles. The third-order valence-corrected chi connectivity index (χ3v) is 5.96. The number of Topliss-reactive ketones (excluding diaryl/α,β-unsaturated/α-hetero) is 2. The maximum atomic E-state index is 13.1. The summed E-state index contributed by atoms with van der Waals surface area (Å²) in [5, 5.41) is 0. The topological polar surface area (TPSA) is 150 Å². The molecule has 28 heavy (non-hydrogen) atoms. The predicted molar refractivity (Wildman–Crippen MR) is 110 cm³/mol. The van der Waals surface area contributed by atoms with Crippen molar-refractivity contribution < 1.29 is 19.2 Å². The highest BCUT2D eigenvalue weighted by atomic mass is 32.2. The average molecular weight is 423 g/mol. The minimum Gasteiger partial charge on any atom is -0.322 e. The molecule has 0 aromatic heterocycles. The van der Waals surface area contributed by atoms with Crippen LogP contribution in [0.25, 0.3) is 0 Å². The van der Waals surface area contributed by atoms with E-state index in [0.29, 0.717) is 16.7 Å². The van der Waals surface area contributed by atoms with Gasteiger partial charge in [0.2, 0.25) is 4.75 Å². The summed E-state index contributed by atoms with van der Waals surface area (Å²) < 4.78 is -2.48. The zero-order chi connectivity index (χ0) is 21.2. The van der Waals surface area contributed by atoms with Crippen LogP contribution < -0.4 is 17.2 Å². The molecule has 1 heterocycles. The van der Waals surface area contributed by atoms with Crippen molar-refractivity contribution in [3.8, 4) is 0 Å². The van der Waals surface area contributed by atoms with E-state index >= 15 is 0 Å². The fourth-order valence-electron chi connectivity index (χ4n) is 2.85. The summed E-state index contributed by atoms with van der Waals surface area (Å²) in [6, 6.07) is 5.63. The number of carbonyl (C=O) groups excluding carboxylic acids is 4. The summed E-state index contributed by atoms with van der Waals surface area (Å²) in [6.45, 7) is 2.70. The first-order chi connectivity index (χ1) is 13.0. The number of nitrogens with zero attached hydrogens (tertiary/aromatic N) is 1. The SMILES string of the molecule is CC(N)C(=O)C1(C(=O)C(C)N)SC(=S)N(C(=O)C(N)Cc2ccccc2)C1=O. The number of imide groups is 1. The van der Waals surface area contributed by atoms with Gasteiger partial charge in [0.05, 0.1) is 18.1 Å². The highest BCUT2D eigenvalue weighted by Crippen LogP contribution is 2.41. The van der Waals surface area contributed by atoms with Crippen molar-refractivity contribution in [1.82, 2.24) is 4.90 Å². The Kier molecular flexibility index (Phi) is 6.84. The smallest absolute Gasteiger partial charge is 0.267 e. The van der Waals surface area contributed by atoms with E-state index in [1.807, 2.05) is 6.07 Å². The number of carbonyl (C=O) groups is 4. The number of thiocarbonyl (C=S) groups is 1. The van der Waals surface area contributed by atoms with E-state index < -0.39 is 46.3 Å². The Bertz CT molecular complexity index is 806. The molecule has 2 rings (SSSR count). The summed E-state index contributed by atoms with van der Waals surface area (Å²) in [7, 11) is 0. The fourth-order valence-corrected chi connectivity index (χ4v) is 4.67. The molecule has 8 nitrogen and oxygen atoms in total. The van der Waals surface area contributed by atoms with Crippen LogP contribution >= 0.6 is 24.0 Å². The van der Waals surface area contributed by atoms with Crippen molar-refractivity contribution >= 4 is 51.7 Å². The van der Waals surface area contributed by atoms with Crippen LogP contribution in [-0.2, 0) is 25.6 Å². The number of hydrogen-bond acceptors (Lipinski definition) is 9. The zero-order valence-electron chi connectivity index (χ0n) is 15.5. The van der Waals surface area contributed by atoms with E-state index in [-0.39, 0.29) is 10.7 Å². The molecule has 6 N–H and O–H groups in total. The van der Waals surface area contributed by atoms with Gasteiger partial charge in [0.15, 0.2) is 15.9 Å². The van der Waals surface area contributed by atoms with Crippen molar-refractivity contribution in [3.63, 3.8) is 0 Å². The van der Waals surface area contributed by atoms with Crippen molar-refractivity contribution in [2.24, 2.45) is 17.2 Å². The Labute approximate surface area is 172 Å². The number of rotatable bonds is 7. The number of thioether (sulfide) groups is 1. The van der Waals surface area contributed by atoms with Crippen LogP contribution in [0.4, 0.5) is 0 Å². The lowest BCUT2D eigenvalue weighted by Gasteiger charge is -2.26. The Hall–Kier alpha value is -1.98. The van der Waals surface area contributed by atoms with Gasteiger partial charge in [0, 0.05) is 0 Å². The summed E-state index contributed by atoms with van der Waals surface area (Å²) in [6.07, 6.45) is 0.159. The molecule has 3 atom stereocenters. The molecule has 1 aromatic carbocycles. The average Bonchev–Trinajstić information content (AvgIpc) is 2.91. The first-order valence-corrected chi connectivity index (χ1v) is 9.77. The van der Waals surface area contributed by atoms with E-state index in [9.17, 15) is 19.2 Å². The standard InChI is InChI=1S/C18H22N4O4S2/c1-9(19)13(23)18(14(24)10(2)20)16(26)22(17(27)28-18)15(25)12(21)8-11-6-4-3-5-7-11/h3-7,9-10,12H,8,19-21H2,1-2H3. The van der Waals surface area contributed by atoms with E-state index in [2.05, 4.69) is 0 Å². The van der Waals surface area contributed by atoms with E-state index in [0.717, 1.165) is 5.56 Å².